The van der Waals surface area contributed by atoms with Gasteiger partial charge in [0.1, 0.15) is 0 Å². The van der Waals surface area contributed by atoms with Crippen molar-refractivity contribution in [2.45, 2.75) is 5.92 Å². The Kier molecular flexibility index (Phi) is 6.41. The van der Waals surface area contributed by atoms with E-state index in [0.717, 1.165) is 20.3 Å². The van der Waals surface area contributed by atoms with Crippen LogP contribution in [0, 0.1) is 0 Å². The summed E-state index contributed by atoms with van der Waals surface area (Å²) >= 11 is 0. The Morgan fingerprint density at radius 3 is 2.17 bits per heavy atom. The van der Waals surface area contributed by atoms with Crippen LogP contribution in [-0.2, 0) is 28.7 Å². The maximum absolute atomic E-state index is 11.6. The van der Waals surface area contributed by atoms with Crippen molar-refractivity contribution in [2.75, 3.05) is 19.5 Å². The van der Waals surface area contributed by atoms with Crippen LogP contribution in [0.25, 0.3) is 0 Å². The maximum atomic E-state index is 11.6. The maximum Gasteiger partial charge on any atom is 0.328 e. The number of carboxylic acids is 1. The SMILES string of the molecule is COC(=O)C(C(=O)OC)c1ccc(NC(=O)C=CC(=O)O)cn1. The zero-order valence-electron chi connectivity index (χ0n) is 12.3. The van der Waals surface area contributed by atoms with Gasteiger partial charge in [0, 0.05) is 12.2 Å². The molecule has 1 rings (SSSR count). The van der Waals surface area contributed by atoms with Crippen LogP contribution in [0.4, 0.5) is 5.69 Å². The highest BCUT2D eigenvalue weighted by Gasteiger charge is 2.31. The smallest absolute Gasteiger partial charge is 0.328 e. The molecular weight excluding hydrogens is 308 g/mol. The minimum absolute atomic E-state index is 0.0859. The molecule has 0 saturated carbocycles. The van der Waals surface area contributed by atoms with Crippen molar-refractivity contribution in [3.63, 3.8) is 0 Å². The number of hydrogen-bond donors (Lipinski definition) is 2. The van der Waals surface area contributed by atoms with Gasteiger partial charge in [-0.15, -0.1) is 0 Å². The van der Waals surface area contributed by atoms with Gasteiger partial charge in [-0.25, -0.2) is 4.79 Å². The van der Waals surface area contributed by atoms with Gasteiger partial charge in [0.05, 0.1) is 31.8 Å². The van der Waals surface area contributed by atoms with Gasteiger partial charge in [-0.1, -0.05) is 0 Å². The minimum atomic E-state index is -1.33. The van der Waals surface area contributed by atoms with Gasteiger partial charge in [0.25, 0.3) is 0 Å². The van der Waals surface area contributed by atoms with Crippen LogP contribution in [0.1, 0.15) is 11.6 Å². The lowest BCUT2D eigenvalue weighted by Gasteiger charge is -2.12. The third kappa shape index (κ3) is 5.23. The number of aliphatic carboxylic acids is 1. The zero-order chi connectivity index (χ0) is 17.4. The van der Waals surface area contributed by atoms with E-state index in [1.165, 1.54) is 18.3 Å². The van der Waals surface area contributed by atoms with Gasteiger partial charge in [0.2, 0.25) is 5.91 Å². The standard InChI is InChI=1S/C14H14N2O7/c1-22-13(20)12(14(21)23-2)9-4-3-8(7-15-9)16-10(17)5-6-11(18)19/h3-7,12H,1-2H3,(H,16,17)(H,18,19). The van der Waals surface area contributed by atoms with E-state index in [1.54, 1.807) is 0 Å². The monoisotopic (exact) mass is 322 g/mol. The first-order chi connectivity index (χ1) is 10.9. The van der Waals surface area contributed by atoms with E-state index in [9.17, 15) is 19.2 Å². The summed E-state index contributed by atoms with van der Waals surface area (Å²) in [4.78, 5) is 48.9. The van der Waals surface area contributed by atoms with Crippen molar-refractivity contribution in [3.8, 4) is 0 Å². The van der Waals surface area contributed by atoms with Crippen LogP contribution in [-0.4, -0.2) is 48.1 Å². The zero-order valence-corrected chi connectivity index (χ0v) is 12.3. The Bertz CT molecular complexity index is 621. The first kappa shape index (κ1) is 17.8. The number of rotatable bonds is 6. The highest BCUT2D eigenvalue weighted by molar-refractivity contribution is 6.02. The van der Waals surface area contributed by atoms with Crippen molar-refractivity contribution in [1.82, 2.24) is 4.98 Å². The van der Waals surface area contributed by atoms with Gasteiger partial charge in [-0.3, -0.25) is 19.4 Å². The van der Waals surface area contributed by atoms with Crippen LogP contribution in [0.2, 0.25) is 0 Å². The van der Waals surface area contributed by atoms with E-state index in [2.05, 4.69) is 19.8 Å². The number of carboxylic acid groups (broad SMARTS) is 1. The summed E-state index contributed by atoms with van der Waals surface area (Å²) in [6.07, 6.45) is 2.73. The molecule has 0 aliphatic heterocycles. The second-order valence-electron chi connectivity index (χ2n) is 4.11. The molecule has 23 heavy (non-hydrogen) atoms. The lowest BCUT2D eigenvalue weighted by atomic mass is 10.1. The van der Waals surface area contributed by atoms with Crippen LogP contribution in [0.5, 0.6) is 0 Å². The van der Waals surface area contributed by atoms with Crippen molar-refractivity contribution < 1.29 is 33.8 Å². The molecule has 0 aromatic carbocycles. The third-order valence-corrected chi connectivity index (χ3v) is 2.60. The number of nitrogens with zero attached hydrogens (tertiary/aromatic N) is 1. The molecule has 0 aliphatic carbocycles. The number of aromatic nitrogens is 1. The van der Waals surface area contributed by atoms with Crippen LogP contribution >= 0.6 is 0 Å². The fourth-order valence-electron chi connectivity index (χ4n) is 1.55. The number of esters is 2. The summed E-state index contributed by atoms with van der Waals surface area (Å²) < 4.78 is 9.05. The highest BCUT2D eigenvalue weighted by Crippen LogP contribution is 2.18. The number of ether oxygens (including phenoxy) is 2. The Morgan fingerprint density at radius 2 is 1.74 bits per heavy atom. The fourth-order valence-corrected chi connectivity index (χ4v) is 1.55. The predicted molar refractivity (Wildman–Crippen MR) is 76.4 cm³/mol. The minimum Gasteiger partial charge on any atom is -0.478 e. The Hall–Kier alpha value is -3.23. The number of pyridine rings is 1. The Morgan fingerprint density at radius 1 is 1.13 bits per heavy atom. The van der Waals surface area contributed by atoms with Crippen molar-refractivity contribution in [1.29, 1.82) is 0 Å². The number of methoxy groups -OCH3 is 2. The second kappa shape index (κ2) is 8.27. The molecule has 0 unspecified atom stereocenters. The molecule has 1 heterocycles. The van der Waals surface area contributed by atoms with Gasteiger partial charge in [0.15, 0.2) is 5.92 Å². The molecule has 122 valence electrons. The van der Waals surface area contributed by atoms with Gasteiger partial charge < -0.3 is 19.9 Å². The number of hydrogen-bond acceptors (Lipinski definition) is 7. The quantitative estimate of drug-likeness (QED) is 0.428. The van der Waals surface area contributed by atoms with Crippen molar-refractivity contribution >= 4 is 29.5 Å². The summed E-state index contributed by atoms with van der Waals surface area (Å²) in [6, 6.07) is 2.74. The van der Waals surface area contributed by atoms with E-state index in [1.807, 2.05) is 0 Å². The van der Waals surface area contributed by atoms with Gasteiger partial charge in [-0.05, 0) is 12.1 Å². The molecule has 1 aromatic heterocycles. The lowest BCUT2D eigenvalue weighted by molar-refractivity contribution is -0.154. The molecule has 1 amide bonds. The molecule has 1 aromatic rings. The molecular formula is C14H14N2O7. The molecule has 0 bridgehead atoms. The normalized spacial score (nSPS) is 10.4. The summed E-state index contributed by atoms with van der Waals surface area (Å²) in [5, 5.41) is 10.8. The summed E-state index contributed by atoms with van der Waals surface area (Å²) in [5.41, 5.74) is 0.338. The van der Waals surface area contributed by atoms with E-state index in [4.69, 9.17) is 5.11 Å². The molecule has 9 nitrogen and oxygen atoms in total. The van der Waals surface area contributed by atoms with Crippen molar-refractivity contribution in [3.05, 3.63) is 36.2 Å². The van der Waals surface area contributed by atoms with Crippen LogP contribution in [0.3, 0.4) is 0 Å². The molecule has 0 aliphatic rings. The van der Waals surface area contributed by atoms with E-state index < -0.39 is 29.7 Å². The average Bonchev–Trinajstić information content (AvgIpc) is 2.54. The molecule has 0 radical (unpaired) electrons. The Labute approximate surface area is 130 Å². The second-order valence-corrected chi connectivity index (χ2v) is 4.11. The number of carbonyl (C=O) groups is 4. The summed E-state index contributed by atoms with van der Waals surface area (Å²) in [5.74, 6) is -4.91. The first-order valence-corrected chi connectivity index (χ1v) is 6.22. The highest BCUT2D eigenvalue weighted by atomic mass is 16.5. The molecule has 0 spiro atoms. The lowest BCUT2D eigenvalue weighted by Crippen LogP contribution is -2.25. The number of amides is 1. The van der Waals surface area contributed by atoms with E-state index in [-0.39, 0.29) is 11.4 Å². The topological polar surface area (TPSA) is 132 Å². The fraction of sp³-hybridized carbons (Fsp3) is 0.214. The average molecular weight is 322 g/mol. The van der Waals surface area contributed by atoms with Gasteiger partial charge in [-0.2, -0.15) is 0 Å². The molecule has 2 N–H and O–H groups in total. The number of anilines is 1. The van der Waals surface area contributed by atoms with Gasteiger partial charge >= 0.3 is 17.9 Å². The Balaban J connectivity index is 2.89. The van der Waals surface area contributed by atoms with Crippen LogP contribution < -0.4 is 5.32 Å². The summed E-state index contributed by atoms with van der Waals surface area (Å²) in [6.45, 7) is 0. The van der Waals surface area contributed by atoms with E-state index in [0.29, 0.717) is 6.08 Å². The molecule has 0 saturated heterocycles. The molecule has 0 atom stereocenters. The van der Waals surface area contributed by atoms with Crippen LogP contribution in [0.15, 0.2) is 30.5 Å². The van der Waals surface area contributed by atoms with Crippen molar-refractivity contribution in [2.24, 2.45) is 0 Å². The molecule has 9 heteroatoms. The predicted octanol–water partition coefficient (Wildman–Crippen LogP) is 0.0905. The van der Waals surface area contributed by atoms with E-state index >= 15 is 0 Å². The first-order valence-electron chi connectivity index (χ1n) is 6.22. The number of nitrogens with one attached hydrogen (secondary N) is 1. The summed E-state index contributed by atoms with van der Waals surface area (Å²) in [7, 11) is 2.25. The largest absolute Gasteiger partial charge is 0.478 e. The molecule has 0 fully saturated rings. The number of carbonyl (C=O) groups excluding carboxylic acids is 3. The third-order valence-electron chi connectivity index (χ3n) is 2.60.